The van der Waals surface area contributed by atoms with Crippen molar-refractivity contribution in [3.8, 4) is 5.75 Å². The molecule has 0 aliphatic carbocycles. The SMILES string of the molecule is Cc1ccc(C(=O)Oc2ccc(/C=N/N=C3NC(=O)CS3)cc2)cc1. The molecule has 1 aliphatic heterocycles. The summed E-state index contributed by atoms with van der Waals surface area (Å²) in [4.78, 5) is 23.1. The van der Waals surface area contributed by atoms with Crippen LogP contribution < -0.4 is 10.1 Å². The lowest BCUT2D eigenvalue weighted by Gasteiger charge is -2.04. The molecule has 0 bridgehead atoms. The molecule has 0 spiro atoms. The van der Waals surface area contributed by atoms with Crippen LogP contribution in [0.5, 0.6) is 5.75 Å². The van der Waals surface area contributed by atoms with Crippen LogP contribution in [0.15, 0.2) is 58.7 Å². The molecular formula is C18H15N3O3S. The predicted octanol–water partition coefficient (Wildman–Crippen LogP) is 2.77. The molecule has 0 radical (unpaired) electrons. The van der Waals surface area contributed by atoms with Crippen molar-refractivity contribution in [1.29, 1.82) is 0 Å². The molecule has 126 valence electrons. The standard InChI is InChI=1S/C18H15N3O3S/c1-12-2-6-14(7-3-12)17(23)24-15-8-4-13(5-9-15)10-19-21-18-20-16(22)11-25-18/h2-10H,11H2,1H3,(H,20,21,22)/b19-10+. The Morgan fingerprint density at radius 3 is 2.52 bits per heavy atom. The molecule has 1 amide bonds. The van der Waals surface area contributed by atoms with E-state index in [2.05, 4.69) is 15.5 Å². The summed E-state index contributed by atoms with van der Waals surface area (Å²) in [6.07, 6.45) is 1.56. The third-order valence-corrected chi connectivity index (χ3v) is 4.18. The highest BCUT2D eigenvalue weighted by atomic mass is 32.2. The molecule has 1 saturated heterocycles. The van der Waals surface area contributed by atoms with Gasteiger partial charge in [-0.1, -0.05) is 29.5 Å². The number of carbonyl (C=O) groups excluding carboxylic acids is 2. The van der Waals surface area contributed by atoms with Crippen molar-refractivity contribution in [2.75, 3.05) is 5.75 Å². The first-order chi connectivity index (χ1) is 12.1. The number of esters is 1. The maximum Gasteiger partial charge on any atom is 0.343 e. The lowest BCUT2D eigenvalue weighted by Crippen LogP contribution is -2.19. The molecule has 1 aliphatic rings. The predicted molar refractivity (Wildman–Crippen MR) is 98.2 cm³/mol. The average Bonchev–Trinajstić information content (AvgIpc) is 3.02. The summed E-state index contributed by atoms with van der Waals surface area (Å²) in [6.45, 7) is 1.96. The van der Waals surface area contributed by atoms with Gasteiger partial charge in [0, 0.05) is 0 Å². The number of amides is 1. The fourth-order valence-corrected chi connectivity index (χ4v) is 2.64. The highest BCUT2D eigenvalue weighted by Gasteiger charge is 2.15. The minimum Gasteiger partial charge on any atom is -0.423 e. The molecule has 1 N–H and O–H groups in total. The first-order valence-electron chi connectivity index (χ1n) is 7.53. The fraction of sp³-hybridized carbons (Fsp3) is 0.111. The van der Waals surface area contributed by atoms with E-state index in [1.807, 2.05) is 19.1 Å². The van der Waals surface area contributed by atoms with Gasteiger partial charge in [0.15, 0.2) is 5.17 Å². The third-order valence-electron chi connectivity index (χ3n) is 3.32. The summed E-state index contributed by atoms with van der Waals surface area (Å²) >= 11 is 1.31. The van der Waals surface area contributed by atoms with E-state index < -0.39 is 5.97 Å². The molecule has 0 saturated carbocycles. The number of benzene rings is 2. The van der Waals surface area contributed by atoms with E-state index in [4.69, 9.17) is 4.74 Å². The second kappa shape index (κ2) is 7.76. The monoisotopic (exact) mass is 353 g/mol. The quantitative estimate of drug-likeness (QED) is 0.397. The zero-order valence-electron chi connectivity index (χ0n) is 13.4. The number of carbonyl (C=O) groups is 2. The number of ether oxygens (including phenoxy) is 1. The van der Waals surface area contributed by atoms with Gasteiger partial charge < -0.3 is 10.1 Å². The van der Waals surface area contributed by atoms with Crippen LogP contribution in [0, 0.1) is 6.92 Å². The van der Waals surface area contributed by atoms with Crippen molar-refractivity contribution < 1.29 is 14.3 Å². The van der Waals surface area contributed by atoms with Crippen LogP contribution in [0.1, 0.15) is 21.5 Å². The van der Waals surface area contributed by atoms with Crippen molar-refractivity contribution >= 4 is 35.0 Å². The van der Waals surface area contributed by atoms with Crippen LogP contribution in [0.25, 0.3) is 0 Å². The minimum absolute atomic E-state index is 0.0707. The highest BCUT2D eigenvalue weighted by Crippen LogP contribution is 2.14. The van der Waals surface area contributed by atoms with Gasteiger partial charge in [-0.3, -0.25) is 4.79 Å². The summed E-state index contributed by atoms with van der Waals surface area (Å²) in [5.74, 6) is 0.350. The van der Waals surface area contributed by atoms with E-state index in [1.165, 1.54) is 11.8 Å². The minimum atomic E-state index is -0.401. The van der Waals surface area contributed by atoms with Gasteiger partial charge >= 0.3 is 5.97 Å². The van der Waals surface area contributed by atoms with Gasteiger partial charge in [0.25, 0.3) is 0 Å². The zero-order chi connectivity index (χ0) is 17.6. The molecule has 0 atom stereocenters. The van der Waals surface area contributed by atoms with Gasteiger partial charge in [0.1, 0.15) is 5.75 Å². The molecule has 7 heteroatoms. The van der Waals surface area contributed by atoms with Crippen LogP contribution in [0.2, 0.25) is 0 Å². The Bertz CT molecular complexity index is 843. The van der Waals surface area contributed by atoms with Gasteiger partial charge in [-0.15, -0.1) is 5.10 Å². The van der Waals surface area contributed by atoms with Crippen LogP contribution in [-0.2, 0) is 4.79 Å². The summed E-state index contributed by atoms with van der Waals surface area (Å²) in [5, 5.41) is 10.9. The Balaban J connectivity index is 1.59. The Labute approximate surface area is 149 Å². The number of thioether (sulfide) groups is 1. The number of nitrogens with one attached hydrogen (secondary N) is 1. The molecule has 6 nitrogen and oxygen atoms in total. The lowest BCUT2D eigenvalue weighted by atomic mass is 10.1. The number of hydrogen-bond acceptors (Lipinski definition) is 6. The molecule has 3 rings (SSSR count). The van der Waals surface area contributed by atoms with Crippen molar-refractivity contribution in [3.05, 3.63) is 65.2 Å². The van der Waals surface area contributed by atoms with Crippen molar-refractivity contribution in [3.63, 3.8) is 0 Å². The van der Waals surface area contributed by atoms with Gasteiger partial charge in [0.05, 0.1) is 17.5 Å². The summed E-state index contributed by atoms with van der Waals surface area (Å²) in [5.41, 5.74) is 2.39. The number of aryl methyl sites for hydroxylation is 1. The van der Waals surface area contributed by atoms with Gasteiger partial charge in [-0.25, -0.2) is 4.79 Å². The maximum atomic E-state index is 12.1. The van der Waals surface area contributed by atoms with Crippen LogP contribution in [-0.4, -0.2) is 29.0 Å². The molecule has 0 aromatic heterocycles. The summed E-state index contributed by atoms with van der Waals surface area (Å²) in [6, 6.07) is 14.1. The number of rotatable bonds is 4. The fourth-order valence-electron chi connectivity index (χ4n) is 2.00. The topological polar surface area (TPSA) is 80.1 Å². The smallest absolute Gasteiger partial charge is 0.343 e. The Kier molecular flexibility index (Phi) is 5.25. The number of hydrogen-bond donors (Lipinski definition) is 1. The van der Waals surface area contributed by atoms with Gasteiger partial charge in [0.2, 0.25) is 5.91 Å². The van der Waals surface area contributed by atoms with Crippen LogP contribution >= 0.6 is 11.8 Å². The number of amidine groups is 1. The molecule has 25 heavy (non-hydrogen) atoms. The first kappa shape index (κ1) is 16.9. The summed E-state index contributed by atoms with van der Waals surface area (Å²) < 4.78 is 5.33. The van der Waals surface area contributed by atoms with Gasteiger partial charge in [-0.05, 0) is 48.9 Å². The van der Waals surface area contributed by atoms with E-state index in [9.17, 15) is 9.59 Å². The number of nitrogens with zero attached hydrogens (tertiary/aromatic N) is 2. The molecule has 0 unspecified atom stereocenters. The Hall–Kier alpha value is -2.93. The first-order valence-corrected chi connectivity index (χ1v) is 8.51. The molecular weight excluding hydrogens is 338 g/mol. The lowest BCUT2D eigenvalue weighted by molar-refractivity contribution is -0.116. The van der Waals surface area contributed by atoms with Crippen LogP contribution in [0.4, 0.5) is 0 Å². The largest absolute Gasteiger partial charge is 0.423 e. The second-order valence-corrected chi connectivity index (χ2v) is 6.28. The highest BCUT2D eigenvalue weighted by molar-refractivity contribution is 8.15. The Morgan fingerprint density at radius 1 is 1.16 bits per heavy atom. The summed E-state index contributed by atoms with van der Waals surface area (Å²) in [7, 11) is 0. The normalized spacial score (nSPS) is 15.6. The van der Waals surface area contributed by atoms with E-state index in [0.717, 1.165) is 11.1 Å². The van der Waals surface area contributed by atoms with E-state index in [0.29, 0.717) is 22.2 Å². The Morgan fingerprint density at radius 2 is 1.88 bits per heavy atom. The maximum absolute atomic E-state index is 12.1. The molecule has 1 fully saturated rings. The second-order valence-electron chi connectivity index (χ2n) is 5.31. The zero-order valence-corrected chi connectivity index (χ0v) is 14.2. The molecule has 1 heterocycles. The van der Waals surface area contributed by atoms with Crippen LogP contribution in [0.3, 0.4) is 0 Å². The molecule has 2 aromatic carbocycles. The molecule has 2 aromatic rings. The van der Waals surface area contributed by atoms with Crippen molar-refractivity contribution in [2.24, 2.45) is 10.2 Å². The van der Waals surface area contributed by atoms with Gasteiger partial charge in [-0.2, -0.15) is 5.10 Å². The van der Waals surface area contributed by atoms with E-state index in [-0.39, 0.29) is 5.91 Å². The van der Waals surface area contributed by atoms with E-state index in [1.54, 1.807) is 42.6 Å². The van der Waals surface area contributed by atoms with Crippen molar-refractivity contribution in [1.82, 2.24) is 5.32 Å². The van der Waals surface area contributed by atoms with E-state index >= 15 is 0 Å². The van der Waals surface area contributed by atoms with Crippen molar-refractivity contribution in [2.45, 2.75) is 6.92 Å². The average molecular weight is 353 g/mol. The third kappa shape index (κ3) is 4.77.